The minimum absolute atomic E-state index is 0.0124. The third-order valence-corrected chi connectivity index (χ3v) is 8.12. The first-order valence-corrected chi connectivity index (χ1v) is 15.5. The third-order valence-electron chi connectivity index (χ3n) is 6.87. The summed E-state index contributed by atoms with van der Waals surface area (Å²) in [5, 5.41) is 16.3. The number of hydrogen-bond acceptors (Lipinski definition) is 7. The number of rotatable bonds is 13. The highest BCUT2D eigenvalue weighted by molar-refractivity contribution is 8.26. The van der Waals surface area contributed by atoms with Crippen LogP contribution in [0.1, 0.15) is 77.3 Å². The zero-order valence-corrected chi connectivity index (χ0v) is 26.5. The summed E-state index contributed by atoms with van der Waals surface area (Å²) in [6.07, 6.45) is 8.20. The zero-order chi connectivity index (χ0) is 30.3. The number of thioether (sulfide) groups is 1. The van der Waals surface area contributed by atoms with Gasteiger partial charge in [0.15, 0.2) is 17.3 Å². The fraction of sp³-hybridized carbons (Fsp3) is 0.438. The predicted molar refractivity (Wildman–Crippen MR) is 173 cm³/mol. The molecular weight excluding hydrogens is 572 g/mol. The molecule has 2 aliphatic heterocycles. The van der Waals surface area contributed by atoms with Gasteiger partial charge in [0, 0.05) is 0 Å². The second-order valence-corrected chi connectivity index (χ2v) is 12.6. The minimum atomic E-state index is -0.485. The molecule has 2 heterocycles. The van der Waals surface area contributed by atoms with Crippen molar-refractivity contribution in [3.05, 3.63) is 58.1 Å². The topological polar surface area (TPSA) is 96.6 Å². The Kier molecular flexibility index (Phi) is 10.7. The number of unbranched alkanes of at least 4 members (excludes halogenated alkanes) is 4. The minimum Gasteiger partial charge on any atom is -0.493 e. The number of nitrogens with zero attached hydrogens (tertiary/aromatic N) is 3. The van der Waals surface area contributed by atoms with Crippen LogP contribution >= 0.6 is 23.4 Å². The molecule has 1 amide bonds. The number of carbonyl (C=O) groups excluding carboxylic acids is 1. The summed E-state index contributed by atoms with van der Waals surface area (Å²) in [7, 11) is 1.52. The second kappa shape index (κ2) is 14.2. The number of ether oxygens (including phenoxy) is 3. The molecule has 0 unspecified atom stereocenters. The van der Waals surface area contributed by atoms with Gasteiger partial charge < -0.3 is 14.2 Å². The Bertz CT molecular complexity index is 1400. The maximum atomic E-state index is 12.9. The van der Waals surface area contributed by atoms with Crippen LogP contribution < -0.4 is 14.2 Å². The number of methoxy groups -OCH3 is 1. The molecule has 0 aliphatic carbocycles. The highest BCUT2D eigenvalue weighted by Crippen LogP contribution is 2.38. The number of aliphatic imine (C=N–C) groups is 1. The molecule has 0 bridgehead atoms. The van der Waals surface area contributed by atoms with Crippen molar-refractivity contribution in [3.8, 4) is 17.2 Å². The van der Waals surface area contributed by atoms with Crippen LogP contribution in [0, 0.1) is 5.41 Å². The monoisotopic (exact) mass is 610 g/mol. The highest BCUT2D eigenvalue weighted by Gasteiger charge is 2.35. The van der Waals surface area contributed by atoms with E-state index in [9.17, 15) is 4.79 Å². The van der Waals surface area contributed by atoms with Crippen LogP contribution in [0.3, 0.4) is 0 Å². The van der Waals surface area contributed by atoms with Gasteiger partial charge in [-0.05, 0) is 71.5 Å². The maximum absolute atomic E-state index is 12.9. The van der Waals surface area contributed by atoms with Crippen molar-refractivity contribution >= 4 is 51.4 Å². The lowest BCUT2D eigenvalue weighted by molar-refractivity contribution is -0.114. The molecule has 0 spiro atoms. The average molecular weight is 611 g/mol. The van der Waals surface area contributed by atoms with E-state index in [4.69, 9.17) is 31.2 Å². The van der Waals surface area contributed by atoms with E-state index in [1.165, 1.54) is 48.7 Å². The van der Waals surface area contributed by atoms with Crippen LogP contribution in [0.15, 0.2) is 52.1 Å². The van der Waals surface area contributed by atoms with E-state index >= 15 is 0 Å². The van der Waals surface area contributed by atoms with Gasteiger partial charge >= 0.3 is 0 Å². The number of hydrogen-bond donors (Lipinski definition) is 1. The van der Waals surface area contributed by atoms with Gasteiger partial charge in [0.05, 0.1) is 17.7 Å². The number of hydrazone groups is 1. The molecule has 42 heavy (non-hydrogen) atoms. The van der Waals surface area contributed by atoms with Crippen LogP contribution in [0.4, 0.5) is 0 Å². The van der Waals surface area contributed by atoms with E-state index in [1.54, 1.807) is 18.2 Å². The van der Waals surface area contributed by atoms with Gasteiger partial charge in [-0.1, -0.05) is 77.1 Å². The molecule has 0 atom stereocenters. The molecule has 2 aliphatic rings. The number of benzene rings is 2. The molecule has 0 aromatic heterocycles. The van der Waals surface area contributed by atoms with Gasteiger partial charge in [0.2, 0.25) is 5.17 Å². The molecule has 0 saturated carbocycles. The highest BCUT2D eigenvalue weighted by atomic mass is 35.5. The molecule has 2 aromatic rings. The van der Waals surface area contributed by atoms with E-state index in [1.807, 2.05) is 12.1 Å². The van der Waals surface area contributed by atoms with Crippen molar-refractivity contribution in [2.45, 2.75) is 71.6 Å². The van der Waals surface area contributed by atoms with Crippen molar-refractivity contribution < 1.29 is 19.0 Å². The van der Waals surface area contributed by atoms with E-state index in [2.05, 4.69) is 49.9 Å². The summed E-state index contributed by atoms with van der Waals surface area (Å²) in [6.45, 7) is 9.28. The Balaban J connectivity index is 1.39. The number of halogens is 1. The van der Waals surface area contributed by atoms with E-state index in [0.29, 0.717) is 33.9 Å². The average Bonchev–Trinajstić information content (AvgIpc) is 3.36. The zero-order valence-electron chi connectivity index (χ0n) is 25.0. The fourth-order valence-corrected chi connectivity index (χ4v) is 5.70. The summed E-state index contributed by atoms with van der Waals surface area (Å²) < 4.78 is 17.3. The summed E-state index contributed by atoms with van der Waals surface area (Å²) in [4.78, 5) is 17.1. The largest absolute Gasteiger partial charge is 0.493 e. The van der Waals surface area contributed by atoms with Gasteiger partial charge in [0.1, 0.15) is 24.0 Å². The molecule has 8 nitrogen and oxygen atoms in total. The lowest BCUT2D eigenvalue weighted by Gasteiger charge is -2.20. The molecular formula is C32H39ClN4O4S. The first kappa shape index (κ1) is 31.6. The Morgan fingerprint density at radius 1 is 1.05 bits per heavy atom. The predicted octanol–water partition coefficient (Wildman–Crippen LogP) is 8.08. The van der Waals surface area contributed by atoms with Crippen molar-refractivity contribution in [2.75, 3.05) is 20.3 Å². The molecule has 0 radical (unpaired) electrons. The summed E-state index contributed by atoms with van der Waals surface area (Å²) in [5.41, 5.74) is 2.03. The SMILES string of the molecule is CCCCCCCC1=NN2C(=N)/C(=C/c3cc(Cl)c(OCCOc4ccc(C(C)(C)C)cc4)c(OC)c3)C(=O)N=C2S1. The third kappa shape index (κ3) is 7.95. The quantitative estimate of drug-likeness (QED) is 0.182. The molecule has 0 fully saturated rings. The standard InChI is InChI=1S/C32H39ClN4O4S/c1-6-7-8-9-10-11-27-36-37-29(34)24(30(38)35-31(37)42-27)18-21-19-25(33)28(26(20-21)39-5)41-17-16-40-23-14-12-22(13-15-23)32(2,3)4/h12-15,18-20,34H,6-11,16-17H2,1-5H3/b24-18-,34-29?. The number of carbonyl (C=O) groups is 1. The summed E-state index contributed by atoms with van der Waals surface area (Å²) >= 11 is 7.93. The number of fused-ring (bicyclic) bond motifs is 1. The smallest absolute Gasteiger partial charge is 0.283 e. The maximum Gasteiger partial charge on any atom is 0.283 e. The van der Waals surface area contributed by atoms with E-state index in [-0.39, 0.29) is 23.4 Å². The van der Waals surface area contributed by atoms with E-state index < -0.39 is 5.91 Å². The van der Waals surface area contributed by atoms with Gasteiger partial charge in [-0.15, -0.1) is 0 Å². The molecule has 2 aromatic carbocycles. The normalized spacial score (nSPS) is 16.0. The fourth-order valence-electron chi connectivity index (χ4n) is 4.50. The van der Waals surface area contributed by atoms with Gasteiger partial charge in [-0.25, -0.2) is 0 Å². The van der Waals surface area contributed by atoms with Crippen LogP contribution in [0.25, 0.3) is 6.08 Å². The van der Waals surface area contributed by atoms with Gasteiger partial charge in [0.25, 0.3) is 5.91 Å². The summed E-state index contributed by atoms with van der Waals surface area (Å²) in [6, 6.07) is 11.4. The van der Waals surface area contributed by atoms with Crippen LogP contribution in [-0.2, 0) is 10.2 Å². The molecule has 10 heteroatoms. The van der Waals surface area contributed by atoms with Crippen molar-refractivity contribution in [2.24, 2.45) is 10.1 Å². The van der Waals surface area contributed by atoms with Crippen molar-refractivity contribution in [1.29, 1.82) is 5.41 Å². The molecule has 0 saturated heterocycles. The van der Waals surface area contributed by atoms with Crippen molar-refractivity contribution in [3.63, 3.8) is 0 Å². The number of nitrogens with one attached hydrogen (secondary N) is 1. The Hall–Kier alpha value is -3.30. The van der Waals surface area contributed by atoms with Gasteiger partial charge in [-0.3, -0.25) is 10.2 Å². The van der Waals surface area contributed by atoms with Crippen LogP contribution in [0.2, 0.25) is 5.02 Å². The Labute approximate surface area is 257 Å². The first-order chi connectivity index (χ1) is 20.1. The van der Waals surface area contributed by atoms with Crippen LogP contribution in [0.5, 0.6) is 17.2 Å². The van der Waals surface area contributed by atoms with Crippen LogP contribution in [-0.4, -0.2) is 47.3 Å². The lowest BCUT2D eigenvalue weighted by Crippen LogP contribution is -2.35. The second-order valence-electron chi connectivity index (χ2n) is 11.2. The Morgan fingerprint density at radius 2 is 1.76 bits per heavy atom. The lowest BCUT2D eigenvalue weighted by atomic mass is 9.87. The number of amidine groups is 2. The molecule has 1 N–H and O–H groups in total. The van der Waals surface area contributed by atoms with Gasteiger partial charge in [-0.2, -0.15) is 15.1 Å². The number of amides is 1. The summed E-state index contributed by atoms with van der Waals surface area (Å²) in [5.74, 6) is 1.05. The molecule has 224 valence electrons. The molecule has 4 rings (SSSR count). The van der Waals surface area contributed by atoms with Crippen molar-refractivity contribution in [1.82, 2.24) is 5.01 Å². The Morgan fingerprint density at radius 3 is 2.45 bits per heavy atom. The van der Waals surface area contributed by atoms with E-state index in [0.717, 1.165) is 30.1 Å². The first-order valence-electron chi connectivity index (χ1n) is 14.3.